The Morgan fingerprint density at radius 2 is 2.64 bits per heavy atom. The SMILES string of the molecule is COC(=O)/C=C1\CCC2OC12. The molecule has 0 amide bonds. The van der Waals surface area contributed by atoms with Crippen molar-refractivity contribution in [2.24, 2.45) is 0 Å². The fourth-order valence-corrected chi connectivity index (χ4v) is 1.50. The second-order valence-electron chi connectivity index (χ2n) is 2.88. The molecule has 0 N–H and O–H groups in total. The van der Waals surface area contributed by atoms with Gasteiger partial charge < -0.3 is 9.47 Å². The van der Waals surface area contributed by atoms with Gasteiger partial charge in [0, 0.05) is 6.08 Å². The minimum absolute atomic E-state index is 0.245. The summed E-state index contributed by atoms with van der Waals surface area (Å²) in [5, 5.41) is 0. The Bertz CT molecular complexity index is 219. The van der Waals surface area contributed by atoms with Gasteiger partial charge in [0.15, 0.2) is 0 Å². The maximum atomic E-state index is 10.8. The molecule has 0 aromatic carbocycles. The van der Waals surface area contributed by atoms with Gasteiger partial charge in [-0.1, -0.05) is 0 Å². The van der Waals surface area contributed by atoms with Gasteiger partial charge in [-0.05, 0) is 18.4 Å². The molecule has 1 aliphatic heterocycles. The number of carbonyl (C=O) groups excluding carboxylic acids is 1. The predicted octanol–water partition coefficient (Wildman–Crippen LogP) is 0.647. The summed E-state index contributed by atoms with van der Waals surface area (Å²) in [6.45, 7) is 0. The molecule has 0 aromatic heterocycles. The van der Waals surface area contributed by atoms with E-state index >= 15 is 0 Å². The van der Waals surface area contributed by atoms with Crippen molar-refractivity contribution in [3.8, 4) is 0 Å². The van der Waals surface area contributed by atoms with Crippen LogP contribution < -0.4 is 0 Å². The molecule has 1 heterocycles. The first-order valence-corrected chi connectivity index (χ1v) is 3.75. The molecule has 3 heteroatoms. The molecule has 0 spiro atoms. The monoisotopic (exact) mass is 154 g/mol. The van der Waals surface area contributed by atoms with Gasteiger partial charge >= 0.3 is 5.97 Å². The fraction of sp³-hybridized carbons (Fsp3) is 0.625. The summed E-state index contributed by atoms with van der Waals surface area (Å²) in [5.41, 5.74) is 1.10. The first-order valence-electron chi connectivity index (χ1n) is 3.75. The van der Waals surface area contributed by atoms with Gasteiger partial charge in [-0.2, -0.15) is 0 Å². The molecule has 2 aliphatic rings. The molecule has 0 bridgehead atoms. The molecule has 2 rings (SSSR count). The van der Waals surface area contributed by atoms with Gasteiger partial charge in [-0.3, -0.25) is 0 Å². The van der Waals surface area contributed by atoms with Crippen LogP contribution in [0.3, 0.4) is 0 Å². The Morgan fingerprint density at radius 3 is 3.09 bits per heavy atom. The number of fused-ring (bicyclic) bond motifs is 1. The average molecular weight is 154 g/mol. The molecular formula is C8H10O3. The van der Waals surface area contributed by atoms with Crippen LogP contribution >= 0.6 is 0 Å². The second kappa shape index (κ2) is 2.34. The normalized spacial score (nSPS) is 37.0. The number of hydrogen-bond donors (Lipinski definition) is 0. The highest BCUT2D eigenvalue weighted by Crippen LogP contribution is 2.42. The van der Waals surface area contributed by atoms with Crippen molar-refractivity contribution in [3.05, 3.63) is 11.6 Å². The molecule has 1 aliphatic carbocycles. The lowest BCUT2D eigenvalue weighted by molar-refractivity contribution is -0.134. The van der Waals surface area contributed by atoms with Gasteiger partial charge in [-0.15, -0.1) is 0 Å². The van der Waals surface area contributed by atoms with Crippen LogP contribution in [0.4, 0.5) is 0 Å². The van der Waals surface area contributed by atoms with E-state index < -0.39 is 0 Å². The Hall–Kier alpha value is -0.830. The van der Waals surface area contributed by atoms with E-state index in [1.807, 2.05) is 0 Å². The van der Waals surface area contributed by atoms with Crippen molar-refractivity contribution in [1.29, 1.82) is 0 Å². The van der Waals surface area contributed by atoms with E-state index in [2.05, 4.69) is 4.74 Å². The molecule has 0 aromatic rings. The summed E-state index contributed by atoms with van der Waals surface area (Å²) in [4.78, 5) is 10.8. The van der Waals surface area contributed by atoms with Gasteiger partial charge in [0.1, 0.15) is 6.10 Å². The quantitative estimate of drug-likeness (QED) is 0.316. The minimum atomic E-state index is -0.267. The summed E-state index contributed by atoms with van der Waals surface area (Å²) >= 11 is 0. The van der Waals surface area contributed by atoms with Gasteiger partial charge in [0.25, 0.3) is 0 Å². The highest BCUT2D eigenvalue weighted by atomic mass is 16.6. The van der Waals surface area contributed by atoms with E-state index in [-0.39, 0.29) is 12.1 Å². The van der Waals surface area contributed by atoms with Crippen LogP contribution in [-0.4, -0.2) is 25.3 Å². The van der Waals surface area contributed by atoms with E-state index in [4.69, 9.17) is 4.74 Å². The number of rotatable bonds is 1. The lowest BCUT2D eigenvalue weighted by Crippen LogP contribution is -1.98. The number of carbonyl (C=O) groups is 1. The van der Waals surface area contributed by atoms with Crippen molar-refractivity contribution in [1.82, 2.24) is 0 Å². The van der Waals surface area contributed by atoms with Gasteiger partial charge in [0.05, 0.1) is 13.2 Å². The largest absolute Gasteiger partial charge is 0.466 e. The first-order chi connectivity index (χ1) is 5.31. The second-order valence-corrected chi connectivity index (χ2v) is 2.88. The molecule has 1 saturated heterocycles. The fourth-order valence-electron chi connectivity index (χ4n) is 1.50. The summed E-state index contributed by atoms with van der Waals surface area (Å²) in [6.07, 6.45) is 4.26. The van der Waals surface area contributed by atoms with E-state index in [1.165, 1.54) is 7.11 Å². The Balaban J connectivity index is 2.03. The lowest BCUT2D eigenvalue weighted by atomic mass is 10.2. The molecule has 2 atom stereocenters. The van der Waals surface area contributed by atoms with Crippen LogP contribution in [0, 0.1) is 0 Å². The standard InChI is InChI=1S/C8H10O3/c1-10-7(9)4-5-2-3-6-8(5)11-6/h4,6,8H,2-3H2,1H3/b5-4+. The molecule has 3 nitrogen and oxygen atoms in total. The van der Waals surface area contributed by atoms with E-state index in [0.29, 0.717) is 6.10 Å². The summed E-state index contributed by atoms with van der Waals surface area (Å²) < 4.78 is 9.74. The third kappa shape index (κ3) is 1.16. The van der Waals surface area contributed by atoms with E-state index in [1.54, 1.807) is 6.08 Å². The Labute approximate surface area is 65.0 Å². The molecule has 1 saturated carbocycles. The molecule has 2 fully saturated rings. The van der Waals surface area contributed by atoms with Crippen LogP contribution in [0.15, 0.2) is 11.6 Å². The van der Waals surface area contributed by atoms with Crippen LogP contribution in [0.1, 0.15) is 12.8 Å². The van der Waals surface area contributed by atoms with Gasteiger partial charge in [-0.25, -0.2) is 4.79 Å². The number of hydrogen-bond acceptors (Lipinski definition) is 3. The van der Waals surface area contributed by atoms with Crippen molar-refractivity contribution >= 4 is 5.97 Å². The number of methoxy groups -OCH3 is 1. The predicted molar refractivity (Wildman–Crippen MR) is 38.0 cm³/mol. The lowest BCUT2D eigenvalue weighted by Gasteiger charge is -1.96. The summed E-state index contributed by atoms with van der Waals surface area (Å²) in [6, 6.07) is 0. The van der Waals surface area contributed by atoms with E-state index in [0.717, 1.165) is 18.4 Å². The summed E-state index contributed by atoms with van der Waals surface area (Å²) in [7, 11) is 1.39. The van der Waals surface area contributed by atoms with Crippen LogP contribution in [0.25, 0.3) is 0 Å². The average Bonchev–Trinajstić information content (AvgIpc) is 2.70. The molecule has 0 radical (unpaired) electrons. The molecule has 11 heavy (non-hydrogen) atoms. The maximum Gasteiger partial charge on any atom is 0.330 e. The zero-order chi connectivity index (χ0) is 7.84. The van der Waals surface area contributed by atoms with Crippen molar-refractivity contribution in [2.45, 2.75) is 25.0 Å². The highest BCUT2D eigenvalue weighted by Gasteiger charge is 2.46. The van der Waals surface area contributed by atoms with E-state index in [9.17, 15) is 4.79 Å². The van der Waals surface area contributed by atoms with Gasteiger partial charge in [0.2, 0.25) is 0 Å². The number of epoxide rings is 1. The minimum Gasteiger partial charge on any atom is -0.466 e. The third-order valence-electron chi connectivity index (χ3n) is 2.17. The highest BCUT2D eigenvalue weighted by molar-refractivity contribution is 5.83. The zero-order valence-electron chi connectivity index (χ0n) is 6.37. The number of esters is 1. The summed E-state index contributed by atoms with van der Waals surface area (Å²) in [5.74, 6) is -0.267. The van der Waals surface area contributed by atoms with Crippen molar-refractivity contribution in [3.63, 3.8) is 0 Å². The van der Waals surface area contributed by atoms with Crippen LogP contribution in [0.5, 0.6) is 0 Å². The molecule has 2 unspecified atom stereocenters. The van der Waals surface area contributed by atoms with Crippen LogP contribution in [-0.2, 0) is 14.3 Å². The molecule has 60 valence electrons. The Morgan fingerprint density at radius 1 is 1.82 bits per heavy atom. The first kappa shape index (κ1) is 6.85. The van der Waals surface area contributed by atoms with Crippen molar-refractivity contribution < 1.29 is 14.3 Å². The Kier molecular flexibility index (Phi) is 1.46. The third-order valence-corrected chi connectivity index (χ3v) is 2.17. The van der Waals surface area contributed by atoms with Crippen molar-refractivity contribution in [2.75, 3.05) is 7.11 Å². The zero-order valence-corrected chi connectivity index (χ0v) is 6.37. The number of ether oxygens (including phenoxy) is 2. The maximum absolute atomic E-state index is 10.8. The topological polar surface area (TPSA) is 38.8 Å². The van der Waals surface area contributed by atoms with Crippen LogP contribution in [0.2, 0.25) is 0 Å². The molecular weight excluding hydrogens is 144 g/mol. The smallest absolute Gasteiger partial charge is 0.330 e.